The number of esters is 1. The smallest absolute Gasteiger partial charge is 0.332 e. The van der Waals surface area contributed by atoms with Crippen molar-refractivity contribution in [2.24, 2.45) is 11.8 Å². The zero-order chi connectivity index (χ0) is 41.7. The number of methoxy groups -OCH3 is 1. The first-order chi connectivity index (χ1) is 26.2. The summed E-state index contributed by atoms with van der Waals surface area (Å²) in [7, 11) is 3.11. The number of carbonyl (C=O) groups excluding carboxylic acids is 4. The highest BCUT2D eigenvalue weighted by molar-refractivity contribution is 6.37. The number of benzene rings is 2. The van der Waals surface area contributed by atoms with Gasteiger partial charge in [0, 0.05) is 32.9 Å². The number of allylic oxidation sites excluding steroid dienone is 2. The number of hydrogen-bond acceptors (Lipinski definition) is 9. The van der Waals surface area contributed by atoms with E-state index in [-0.39, 0.29) is 34.1 Å². The largest absolute Gasteiger partial charge is 0.505 e. The summed E-state index contributed by atoms with van der Waals surface area (Å²) in [6.07, 6.45) is 4.60. The fraction of sp³-hybridized carbons (Fsp3) is 0.524. The third kappa shape index (κ3) is 10.5. The number of carbonyl (C=O) groups is 4. The first kappa shape index (κ1) is 44.8. The third-order valence-corrected chi connectivity index (χ3v) is 11.4. The standard InChI is InChI=1S/C42H55Cl2N3O9/c1-10-23(2)33-38(50)45-30(21-26-19-28(43)34(48)29(44)20-26)37(49)46-36(41(5,6)53)39(51)55-35(27-17-12-11-13-18-27)25(4)16-14-15-24(3)31(54-9)22-32-42(7,56-32)40(52)47(33)8/h11-20,23,25,30-33,35-36,48,53H,10,21-22H2,1-9H3,(H,45,50)(H,46,49)/t23-,25+,30+,31+,32-,33-,35-,36+,42+/m0/s1. The molecule has 2 aromatic rings. The number of phenolic OH excluding ortho intramolecular Hbond substituents is 1. The molecule has 1 saturated heterocycles. The topological polar surface area (TPSA) is 167 Å². The summed E-state index contributed by atoms with van der Waals surface area (Å²) >= 11 is 12.5. The van der Waals surface area contributed by atoms with Gasteiger partial charge in [-0.2, -0.15) is 0 Å². The highest BCUT2D eigenvalue weighted by Crippen LogP contribution is 2.42. The van der Waals surface area contributed by atoms with Crippen molar-refractivity contribution >= 4 is 46.9 Å². The Morgan fingerprint density at radius 3 is 2.27 bits per heavy atom. The maximum atomic E-state index is 14.4. The van der Waals surface area contributed by atoms with Crippen molar-refractivity contribution in [3.8, 4) is 5.75 Å². The molecule has 0 aromatic heterocycles. The molecule has 0 aliphatic carbocycles. The number of cyclic esters (lactones) is 1. The number of epoxide rings is 1. The van der Waals surface area contributed by atoms with E-state index in [4.69, 9.17) is 37.4 Å². The minimum Gasteiger partial charge on any atom is -0.505 e. The molecule has 2 aliphatic rings. The summed E-state index contributed by atoms with van der Waals surface area (Å²) in [4.78, 5) is 58.3. The quantitative estimate of drug-likeness (QED) is 0.198. The second kappa shape index (κ2) is 18.5. The second-order valence-corrected chi connectivity index (χ2v) is 16.4. The molecule has 2 heterocycles. The number of aromatic hydroxyl groups is 1. The van der Waals surface area contributed by atoms with Gasteiger partial charge in [0.05, 0.1) is 27.9 Å². The number of ether oxygens (including phenoxy) is 3. The summed E-state index contributed by atoms with van der Waals surface area (Å²) < 4.78 is 18.0. The normalized spacial score (nSPS) is 29.2. The SMILES string of the molecule is CC[C@H](C)[C@H]1C(=O)N[C@H](Cc2cc(Cl)c(O)c(Cl)c2)C(=O)N[C@@H](C(C)(C)O)C(=O)O[C@H](c2ccccc2)[C@H](C)C=CC=C(C)[C@H](OC)C[C@@H]2O[C@@]2(C)C(=O)N1C. The van der Waals surface area contributed by atoms with Gasteiger partial charge in [0.1, 0.15) is 18.2 Å². The van der Waals surface area contributed by atoms with E-state index in [2.05, 4.69) is 10.6 Å². The number of nitrogens with zero attached hydrogens (tertiary/aromatic N) is 1. The lowest BCUT2D eigenvalue weighted by Gasteiger charge is -2.35. The van der Waals surface area contributed by atoms with Crippen LogP contribution in [-0.2, 0) is 39.8 Å². The first-order valence-corrected chi connectivity index (χ1v) is 19.6. The average molecular weight is 817 g/mol. The average Bonchev–Trinajstić information content (AvgIpc) is 3.81. The number of amides is 3. The number of hydrogen-bond donors (Lipinski definition) is 4. The Morgan fingerprint density at radius 2 is 1.70 bits per heavy atom. The van der Waals surface area contributed by atoms with Crippen LogP contribution in [0, 0.1) is 11.8 Å². The van der Waals surface area contributed by atoms with E-state index in [1.807, 2.05) is 76.3 Å². The summed E-state index contributed by atoms with van der Waals surface area (Å²) in [6, 6.07) is 7.90. The first-order valence-electron chi connectivity index (χ1n) is 18.8. The predicted octanol–water partition coefficient (Wildman–Crippen LogP) is 5.85. The highest BCUT2D eigenvalue weighted by Gasteiger charge is 2.61. The van der Waals surface area contributed by atoms with Crippen LogP contribution in [0.5, 0.6) is 5.75 Å². The molecular weight excluding hydrogens is 761 g/mol. The highest BCUT2D eigenvalue weighted by atomic mass is 35.5. The summed E-state index contributed by atoms with van der Waals surface area (Å²) in [5.41, 5.74) is -1.12. The number of fused-ring (bicyclic) bond motifs is 1. The predicted molar refractivity (Wildman–Crippen MR) is 214 cm³/mol. The minimum absolute atomic E-state index is 0.0776. The maximum absolute atomic E-state index is 14.4. The zero-order valence-corrected chi connectivity index (χ0v) is 35.0. The number of halogens is 2. The Hall–Kier alpha value is -3.94. The van der Waals surface area contributed by atoms with Gasteiger partial charge >= 0.3 is 5.97 Å². The van der Waals surface area contributed by atoms with Crippen LogP contribution in [0.25, 0.3) is 0 Å². The van der Waals surface area contributed by atoms with Gasteiger partial charge in [-0.1, -0.05) is 99.0 Å². The number of rotatable bonds is 7. The molecule has 14 heteroatoms. The summed E-state index contributed by atoms with van der Waals surface area (Å²) in [5.74, 6) is -3.89. The van der Waals surface area contributed by atoms with E-state index in [1.165, 1.54) is 37.9 Å². The van der Waals surface area contributed by atoms with Crippen LogP contribution in [-0.4, -0.2) is 94.5 Å². The van der Waals surface area contributed by atoms with Gasteiger partial charge < -0.3 is 40.0 Å². The molecule has 0 radical (unpaired) electrons. The van der Waals surface area contributed by atoms with Crippen molar-refractivity contribution in [3.63, 3.8) is 0 Å². The molecule has 9 atom stereocenters. The molecule has 0 saturated carbocycles. The second-order valence-electron chi connectivity index (χ2n) is 15.6. The fourth-order valence-corrected chi connectivity index (χ4v) is 7.54. The minimum atomic E-state index is -1.83. The van der Waals surface area contributed by atoms with E-state index in [0.717, 1.165) is 5.57 Å². The molecule has 0 unspecified atom stereocenters. The van der Waals surface area contributed by atoms with Gasteiger partial charge in [-0.3, -0.25) is 14.4 Å². The molecule has 2 aliphatic heterocycles. The number of nitrogens with one attached hydrogen (secondary N) is 2. The Balaban J connectivity index is 1.83. The van der Waals surface area contributed by atoms with E-state index in [1.54, 1.807) is 14.0 Å². The zero-order valence-electron chi connectivity index (χ0n) is 33.5. The van der Waals surface area contributed by atoms with Crippen LogP contribution >= 0.6 is 23.2 Å². The lowest BCUT2D eigenvalue weighted by Crippen LogP contribution is -2.61. The van der Waals surface area contributed by atoms with Crippen molar-refractivity contribution < 1.29 is 43.6 Å². The van der Waals surface area contributed by atoms with Crippen LogP contribution < -0.4 is 10.6 Å². The van der Waals surface area contributed by atoms with Gasteiger partial charge in [-0.05, 0) is 62.4 Å². The molecule has 0 bridgehead atoms. The lowest BCUT2D eigenvalue weighted by molar-refractivity contribution is -0.162. The molecular formula is C42H55Cl2N3O9. The molecule has 306 valence electrons. The van der Waals surface area contributed by atoms with Crippen molar-refractivity contribution in [1.29, 1.82) is 0 Å². The van der Waals surface area contributed by atoms with Crippen molar-refractivity contribution in [2.45, 2.75) is 115 Å². The number of aliphatic hydroxyl groups is 1. The molecule has 1 fully saturated rings. The number of phenols is 1. The van der Waals surface area contributed by atoms with E-state index < -0.39 is 71.3 Å². The molecule has 12 nitrogen and oxygen atoms in total. The van der Waals surface area contributed by atoms with Crippen molar-refractivity contribution in [2.75, 3.05) is 14.2 Å². The van der Waals surface area contributed by atoms with Crippen LogP contribution in [0.15, 0.2) is 66.3 Å². The Morgan fingerprint density at radius 1 is 1.07 bits per heavy atom. The van der Waals surface area contributed by atoms with Crippen LogP contribution in [0.2, 0.25) is 10.0 Å². The fourth-order valence-electron chi connectivity index (χ4n) is 7.01. The lowest BCUT2D eigenvalue weighted by atomic mass is 9.93. The summed E-state index contributed by atoms with van der Waals surface area (Å²) in [5, 5.41) is 26.8. The molecule has 2 aromatic carbocycles. The molecule has 0 spiro atoms. The van der Waals surface area contributed by atoms with Gasteiger partial charge in [-0.15, -0.1) is 0 Å². The van der Waals surface area contributed by atoms with Crippen LogP contribution in [0.1, 0.15) is 78.5 Å². The molecule has 4 N–H and O–H groups in total. The van der Waals surface area contributed by atoms with Gasteiger partial charge in [-0.25, -0.2) is 4.79 Å². The molecule has 3 amide bonds. The van der Waals surface area contributed by atoms with Gasteiger partial charge in [0.15, 0.2) is 17.4 Å². The van der Waals surface area contributed by atoms with Crippen molar-refractivity contribution in [3.05, 3.63) is 87.4 Å². The van der Waals surface area contributed by atoms with Crippen LogP contribution in [0.4, 0.5) is 0 Å². The Labute approximate surface area is 339 Å². The Bertz CT molecular complexity index is 1790. The van der Waals surface area contributed by atoms with Gasteiger partial charge in [0.2, 0.25) is 11.8 Å². The Kier molecular flexibility index (Phi) is 14.8. The summed E-state index contributed by atoms with van der Waals surface area (Å²) in [6.45, 7) is 11.9. The number of likely N-dealkylation sites (N-methyl/N-ethyl adjacent to an activating group) is 1. The van der Waals surface area contributed by atoms with E-state index in [9.17, 15) is 29.4 Å². The molecule has 56 heavy (non-hydrogen) atoms. The van der Waals surface area contributed by atoms with E-state index >= 15 is 0 Å². The van der Waals surface area contributed by atoms with Crippen molar-refractivity contribution in [1.82, 2.24) is 15.5 Å². The monoisotopic (exact) mass is 815 g/mol. The third-order valence-electron chi connectivity index (χ3n) is 10.8. The molecule has 4 rings (SSSR count). The van der Waals surface area contributed by atoms with Crippen LogP contribution in [0.3, 0.4) is 0 Å². The van der Waals surface area contributed by atoms with Gasteiger partial charge in [0.25, 0.3) is 5.91 Å². The van der Waals surface area contributed by atoms with E-state index in [0.29, 0.717) is 24.0 Å². The maximum Gasteiger partial charge on any atom is 0.332 e.